The minimum Gasteiger partial charge on any atom is -0.496 e. The zero-order chi connectivity index (χ0) is 14.7. The molecule has 3 nitrogen and oxygen atoms in total. The number of benzene rings is 2. The number of methoxy groups -OCH3 is 1. The number of halogens is 1. The Kier molecular flexibility index (Phi) is 4.06. The highest BCUT2D eigenvalue weighted by Gasteiger charge is 2.21. The summed E-state index contributed by atoms with van der Waals surface area (Å²) in [5.41, 5.74) is 1.97. The average molecular weight is 287 g/mol. The lowest BCUT2D eigenvalue weighted by Gasteiger charge is -2.27. The van der Waals surface area contributed by atoms with Gasteiger partial charge in [-0.25, -0.2) is 4.39 Å². The third kappa shape index (κ3) is 3.00. The number of hydrogen-bond donors (Lipinski definition) is 1. The van der Waals surface area contributed by atoms with Crippen LogP contribution < -0.4 is 14.8 Å². The van der Waals surface area contributed by atoms with Gasteiger partial charge in [0.25, 0.3) is 0 Å². The molecule has 0 saturated heterocycles. The summed E-state index contributed by atoms with van der Waals surface area (Å²) < 4.78 is 24.4. The molecule has 0 aliphatic carbocycles. The first kappa shape index (κ1) is 13.9. The second-order valence-corrected chi connectivity index (χ2v) is 5.06. The molecule has 1 aliphatic rings. The van der Waals surface area contributed by atoms with Crippen molar-refractivity contribution in [1.29, 1.82) is 0 Å². The Morgan fingerprint density at radius 2 is 2.14 bits per heavy atom. The normalized spacial score (nSPS) is 17.0. The van der Waals surface area contributed by atoms with Crippen molar-refractivity contribution in [2.45, 2.75) is 19.0 Å². The van der Waals surface area contributed by atoms with Gasteiger partial charge in [0.1, 0.15) is 17.3 Å². The third-order valence-corrected chi connectivity index (χ3v) is 3.74. The van der Waals surface area contributed by atoms with E-state index >= 15 is 0 Å². The number of fused-ring (bicyclic) bond motifs is 1. The van der Waals surface area contributed by atoms with Gasteiger partial charge >= 0.3 is 0 Å². The van der Waals surface area contributed by atoms with Crippen LogP contribution in [0, 0.1) is 5.82 Å². The lowest BCUT2D eigenvalue weighted by molar-refractivity contribution is 0.251. The van der Waals surface area contributed by atoms with Crippen LogP contribution in [0.5, 0.6) is 11.5 Å². The van der Waals surface area contributed by atoms with Crippen LogP contribution in [0.4, 0.5) is 4.39 Å². The summed E-state index contributed by atoms with van der Waals surface area (Å²) in [6.45, 7) is 1.31. The fourth-order valence-corrected chi connectivity index (χ4v) is 2.66. The van der Waals surface area contributed by atoms with Crippen molar-refractivity contribution in [2.75, 3.05) is 13.7 Å². The smallest absolute Gasteiger partial charge is 0.124 e. The molecule has 0 saturated carbocycles. The first-order valence-electron chi connectivity index (χ1n) is 7.05. The lowest BCUT2D eigenvalue weighted by Crippen LogP contribution is -2.27. The second kappa shape index (κ2) is 6.14. The maximum atomic E-state index is 13.4. The van der Waals surface area contributed by atoms with Gasteiger partial charge in [0.2, 0.25) is 0 Å². The summed E-state index contributed by atoms with van der Waals surface area (Å²) >= 11 is 0. The zero-order valence-corrected chi connectivity index (χ0v) is 11.9. The Morgan fingerprint density at radius 1 is 1.29 bits per heavy atom. The van der Waals surface area contributed by atoms with Gasteiger partial charge in [-0.2, -0.15) is 0 Å². The van der Waals surface area contributed by atoms with E-state index in [1.165, 1.54) is 6.07 Å². The number of hydrogen-bond acceptors (Lipinski definition) is 3. The van der Waals surface area contributed by atoms with Gasteiger partial charge in [-0.3, -0.25) is 0 Å². The number of ether oxygens (including phenoxy) is 2. The van der Waals surface area contributed by atoms with E-state index in [2.05, 4.69) is 5.32 Å². The molecule has 4 heteroatoms. The van der Waals surface area contributed by atoms with E-state index in [0.717, 1.165) is 29.0 Å². The molecule has 3 rings (SSSR count). The van der Waals surface area contributed by atoms with E-state index in [9.17, 15) is 4.39 Å². The van der Waals surface area contributed by atoms with Crippen molar-refractivity contribution >= 4 is 0 Å². The van der Waals surface area contributed by atoms with Gasteiger partial charge in [0.15, 0.2) is 0 Å². The summed E-state index contributed by atoms with van der Waals surface area (Å²) in [5.74, 6) is 1.39. The molecular formula is C17H18FNO2. The SMILES string of the molecule is COc1ccccc1CNC1CCOc2ccc(F)cc21. The molecule has 1 heterocycles. The molecule has 110 valence electrons. The molecule has 0 aromatic heterocycles. The van der Waals surface area contributed by atoms with E-state index in [-0.39, 0.29) is 11.9 Å². The fraction of sp³-hybridized carbons (Fsp3) is 0.294. The largest absolute Gasteiger partial charge is 0.496 e. The molecule has 1 aliphatic heterocycles. The number of rotatable bonds is 4. The lowest BCUT2D eigenvalue weighted by atomic mass is 10.00. The Hall–Kier alpha value is -2.07. The van der Waals surface area contributed by atoms with E-state index in [4.69, 9.17) is 9.47 Å². The third-order valence-electron chi connectivity index (χ3n) is 3.74. The van der Waals surface area contributed by atoms with Crippen LogP contribution in [-0.4, -0.2) is 13.7 Å². The summed E-state index contributed by atoms with van der Waals surface area (Å²) in [4.78, 5) is 0. The van der Waals surface area contributed by atoms with Crippen LogP contribution in [0.2, 0.25) is 0 Å². The minimum atomic E-state index is -0.233. The quantitative estimate of drug-likeness (QED) is 0.934. The molecule has 0 amide bonds. The van der Waals surface area contributed by atoms with Crippen molar-refractivity contribution in [1.82, 2.24) is 5.32 Å². The predicted molar refractivity (Wildman–Crippen MR) is 79.1 cm³/mol. The first-order valence-corrected chi connectivity index (χ1v) is 7.05. The topological polar surface area (TPSA) is 30.5 Å². The van der Waals surface area contributed by atoms with Gasteiger partial charge in [-0.1, -0.05) is 18.2 Å². The van der Waals surface area contributed by atoms with Crippen LogP contribution in [-0.2, 0) is 6.54 Å². The zero-order valence-electron chi connectivity index (χ0n) is 11.9. The summed E-state index contributed by atoms with van der Waals surface area (Å²) in [6, 6.07) is 12.7. The van der Waals surface area contributed by atoms with Gasteiger partial charge < -0.3 is 14.8 Å². The maximum Gasteiger partial charge on any atom is 0.124 e. The highest BCUT2D eigenvalue weighted by Crippen LogP contribution is 2.33. The maximum absolute atomic E-state index is 13.4. The monoisotopic (exact) mass is 287 g/mol. The molecule has 0 spiro atoms. The summed E-state index contributed by atoms with van der Waals surface area (Å²) in [5, 5.41) is 3.47. The highest BCUT2D eigenvalue weighted by molar-refractivity contribution is 5.38. The fourth-order valence-electron chi connectivity index (χ4n) is 2.66. The molecule has 1 unspecified atom stereocenters. The van der Waals surface area contributed by atoms with Gasteiger partial charge in [-0.15, -0.1) is 0 Å². The second-order valence-electron chi connectivity index (χ2n) is 5.06. The standard InChI is InChI=1S/C17H18FNO2/c1-20-16-5-3-2-4-12(16)11-19-15-8-9-21-17-7-6-13(18)10-14(15)17/h2-7,10,15,19H,8-9,11H2,1H3. The summed E-state index contributed by atoms with van der Waals surface area (Å²) in [7, 11) is 1.66. The molecule has 1 atom stereocenters. The van der Waals surface area contributed by atoms with Crippen molar-refractivity contribution < 1.29 is 13.9 Å². The molecule has 1 N–H and O–H groups in total. The van der Waals surface area contributed by atoms with E-state index in [0.29, 0.717) is 13.2 Å². The highest BCUT2D eigenvalue weighted by atomic mass is 19.1. The Bertz CT molecular complexity index is 630. The van der Waals surface area contributed by atoms with Crippen molar-refractivity contribution in [3.05, 3.63) is 59.4 Å². The van der Waals surface area contributed by atoms with Crippen LogP contribution in [0.15, 0.2) is 42.5 Å². The van der Waals surface area contributed by atoms with Crippen molar-refractivity contribution in [2.24, 2.45) is 0 Å². The summed E-state index contributed by atoms with van der Waals surface area (Å²) in [6.07, 6.45) is 0.825. The molecule has 2 aromatic rings. The van der Waals surface area contributed by atoms with E-state index in [1.807, 2.05) is 24.3 Å². The van der Waals surface area contributed by atoms with Crippen LogP contribution in [0.3, 0.4) is 0 Å². The Labute approximate surface area is 123 Å². The minimum absolute atomic E-state index is 0.0920. The molecular weight excluding hydrogens is 269 g/mol. The molecule has 21 heavy (non-hydrogen) atoms. The number of nitrogens with one attached hydrogen (secondary N) is 1. The van der Waals surface area contributed by atoms with Gasteiger partial charge in [-0.05, 0) is 24.3 Å². The molecule has 0 fully saturated rings. The average Bonchev–Trinajstić information content (AvgIpc) is 2.53. The van der Waals surface area contributed by atoms with Gasteiger partial charge in [0, 0.05) is 30.1 Å². The first-order chi connectivity index (χ1) is 10.3. The van der Waals surface area contributed by atoms with Crippen LogP contribution >= 0.6 is 0 Å². The molecule has 2 aromatic carbocycles. The van der Waals surface area contributed by atoms with E-state index < -0.39 is 0 Å². The van der Waals surface area contributed by atoms with Crippen molar-refractivity contribution in [3.63, 3.8) is 0 Å². The van der Waals surface area contributed by atoms with Crippen LogP contribution in [0.25, 0.3) is 0 Å². The predicted octanol–water partition coefficient (Wildman–Crippen LogP) is 3.45. The van der Waals surface area contributed by atoms with E-state index in [1.54, 1.807) is 19.2 Å². The Balaban J connectivity index is 1.76. The number of para-hydroxylation sites is 1. The van der Waals surface area contributed by atoms with Gasteiger partial charge in [0.05, 0.1) is 13.7 Å². The van der Waals surface area contributed by atoms with Crippen LogP contribution in [0.1, 0.15) is 23.6 Å². The molecule has 0 radical (unpaired) electrons. The Morgan fingerprint density at radius 3 is 3.00 bits per heavy atom. The molecule has 0 bridgehead atoms. The van der Waals surface area contributed by atoms with Crippen molar-refractivity contribution in [3.8, 4) is 11.5 Å².